The standard InChI is InChI=1S/C20H30N2O3/c1-19(2,3)22-12-16(20(18(22)23)9-6-10-21-13-20)15-8-7-14(24-4)11-17(15)25-5/h7-8,11,16,21H,6,9-10,12-13H2,1-5H3. The van der Waals surface area contributed by atoms with Gasteiger partial charge in [-0.15, -0.1) is 0 Å². The van der Waals surface area contributed by atoms with Crippen molar-refractivity contribution >= 4 is 5.91 Å². The molecule has 0 aromatic heterocycles. The van der Waals surface area contributed by atoms with Crippen molar-refractivity contribution in [3.05, 3.63) is 23.8 Å². The molecule has 1 spiro atoms. The average Bonchev–Trinajstić information content (AvgIpc) is 2.87. The third-order valence-corrected chi connectivity index (χ3v) is 5.75. The van der Waals surface area contributed by atoms with Gasteiger partial charge in [-0.3, -0.25) is 4.79 Å². The molecule has 3 rings (SSSR count). The summed E-state index contributed by atoms with van der Waals surface area (Å²) < 4.78 is 11.0. The van der Waals surface area contributed by atoms with Gasteiger partial charge in [-0.25, -0.2) is 0 Å². The van der Waals surface area contributed by atoms with Crippen molar-refractivity contribution in [1.82, 2.24) is 10.2 Å². The highest BCUT2D eigenvalue weighted by Crippen LogP contribution is 2.51. The molecule has 5 nitrogen and oxygen atoms in total. The number of amides is 1. The second-order valence-electron chi connectivity index (χ2n) is 8.18. The van der Waals surface area contributed by atoms with E-state index >= 15 is 0 Å². The van der Waals surface area contributed by atoms with Crippen molar-refractivity contribution in [2.24, 2.45) is 5.41 Å². The van der Waals surface area contributed by atoms with Crippen molar-refractivity contribution in [2.45, 2.75) is 45.1 Å². The van der Waals surface area contributed by atoms with Crippen LogP contribution in [0.5, 0.6) is 11.5 Å². The molecule has 5 heteroatoms. The van der Waals surface area contributed by atoms with Crippen molar-refractivity contribution in [2.75, 3.05) is 33.9 Å². The van der Waals surface area contributed by atoms with E-state index in [4.69, 9.17) is 9.47 Å². The minimum atomic E-state index is -0.382. The van der Waals surface area contributed by atoms with Gasteiger partial charge in [-0.05, 0) is 46.2 Å². The first-order valence-electron chi connectivity index (χ1n) is 9.08. The quantitative estimate of drug-likeness (QED) is 0.914. The Balaban J connectivity index is 2.08. The molecule has 2 heterocycles. The molecule has 1 aromatic carbocycles. The van der Waals surface area contributed by atoms with Crippen LogP contribution in [-0.4, -0.2) is 50.2 Å². The number of hydrogen-bond acceptors (Lipinski definition) is 4. The molecule has 2 aliphatic rings. The third kappa shape index (κ3) is 2.99. The van der Waals surface area contributed by atoms with Crippen molar-refractivity contribution in [3.63, 3.8) is 0 Å². The maximum absolute atomic E-state index is 13.5. The molecule has 1 amide bonds. The number of likely N-dealkylation sites (tertiary alicyclic amines) is 1. The lowest BCUT2D eigenvalue weighted by atomic mass is 9.69. The maximum Gasteiger partial charge on any atom is 0.231 e. The van der Waals surface area contributed by atoms with E-state index in [1.54, 1.807) is 14.2 Å². The summed E-state index contributed by atoms with van der Waals surface area (Å²) in [6, 6.07) is 5.95. The van der Waals surface area contributed by atoms with E-state index in [-0.39, 0.29) is 22.8 Å². The van der Waals surface area contributed by atoms with E-state index in [0.29, 0.717) is 0 Å². The van der Waals surface area contributed by atoms with Gasteiger partial charge in [0.05, 0.1) is 19.6 Å². The molecule has 0 radical (unpaired) electrons. The Hall–Kier alpha value is -1.75. The number of nitrogens with zero attached hydrogens (tertiary/aromatic N) is 1. The van der Waals surface area contributed by atoms with Gasteiger partial charge in [0.25, 0.3) is 0 Å². The Kier molecular flexibility index (Phi) is 4.71. The molecule has 2 aliphatic heterocycles. The van der Waals surface area contributed by atoms with Gasteiger partial charge < -0.3 is 19.7 Å². The van der Waals surface area contributed by atoms with Crippen LogP contribution in [0.3, 0.4) is 0 Å². The summed E-state index contributed by atoms with van der Waals surface area (Å²) >= 11 is 0. The summed E-state index contributed by atoms with van der Waals surface area (Å²) in [4.78, 5) is 15.5. The van der Waals surface area contributed by atoms with E-state index in [1.807, 2.05) is 17.0 Å². The zero-order valence-corrected chi connectivity index (χ0v) is 16.0. The predicted octanol–water partition coefficient (Wildman–Crippen LogP) is 2.80. The molecule has 25 heavy (non-hydrogen) atoms. The summed E-state index contributed by atoms with van der Waals surface area (Å²) in [6.45, 7) is 8.79. The summed E-state index contributed by atoms with van der Waals surface area (Å²) in [7, 11) is 3.34. The fourth-order valence-corrected chi connectivity index (χ4v) is 4.35. The Bertz CT molecular complexity index is 645. The fraction of sp³-hybridized carbons (Fsp3) is 0.650. The number of hydrogen-bond donors (Lipinski definition) is 1. The molecule has 1 N–H and O–H groups in total. The van der Waals surface area contributed by atoms with Crippen molar-refractivity contribution in [3.8, 4) is 11.5 Å². The number of carbonyl (C=O) groups is 1. The molecular formula is C20H30N2O3. The zero-order valence-electron chi connectivity index (χ0n) is 16.0. The summed E-state index contributed by atoms with van der Waals surface area (Å²) in [5, 5.41) is 3.47. The highest BCUT2D eigenvalue weighted by atomic mass is 16.5. The second-order valence-corrected chi connectivity index (χ2v) is 8.18. The first-order valence-corrected chi connectivity index (χ1v) is 9.08. The zero-order chi connectivity index (χ0) is 18.2. The van der Waals surface area contributed by atoms with Crippen LogP contribution in [0, 0.1) is 5.41 Å². The fourth-order valence-electron chi connectivity index (χ4n) is 4.35. The largest absolute Gasteiger partial charge is 0.497 e. The number of carbonyl (C=O) groups excluding carboxylic acids is 1. The van der Waals surface area contributed by atoms with Crippen molar-refractivity contribution in [1.29, 1.82) is 0 Å². The number of rotatable bonds is 3. The van der Waals surface area contributed by atoms with Crippen LogP contribution in [0.2, 0.25) is 0 Å². The van der Waals surface area contributed by atoms with Gasteiger partial charge >= 0.3 is 0 Å². The number of ether oxygens (including phenoxy) is 2. The van der Waals surface area contributed by atoms with Crippen molar-refractivity contribution < 1.29 is 14.3 Å². The lowest BCUT2D eigenvalue weighted by Crippen LogP contribution is -2.50. The van der Waals surface area contributed by atoms with Crippen LogP contribution < -0.4 is 14.8 Å². The molecule has 0 bridgehead atoms. The third-order valence-electron chi connectivity index (χ3n) is 5.75. The molecule has 0 saturated carbocycles. The lowest BCUT2D eigenvalue weighted by Gasteiger charge is -2.38. The van der Waals surface area contributed by atoms with Gasteiger partial charge in [-0.1, -0.05) is 6.07 Å². The predicted molar refractivity (Wildman–Crippen MR) is 98.3 cm³/mol. The van der Waals surface area contributed by atoms with Gasteiger partial charge in [0.2, 0.25) is 5.91 Å². The van der Waals surface area contributed by atoms with E-state index < -0.39 is 0 Å². The Morgan fingerprint density at radius 1 is 1.24 bits per heavy atom. The molecule has 2 saturated heterocycles. The molecule has 1 aromatic rings. The number of piperidine rings is 1. The van der Waals surface area contributed by atoms with E-state index in [2.05, 4.69) is 32.2 Å². The first-order chi connectivity index (χ1) is 11.8. The summed E-state index contributed by atoms with van der Waals surface area (Å²) in [6.07, 6.45) is 1.95. The second kappa shape index (κ2) is 6.52. The number of nitrogens with one attached hydrogen (secondary N) is 1. The Labute approximate surface area is 150 Å². The minimum Gasteiger partial charge on any atom is -0.497 e. The summed E-state index contributed by atoms with van der Waals surface area (Å²) in [5.41, 5.74) is 0.538. The molecule has 2 fully saturated rings. The topological polar surface area (TPSA) is 50.8 Å². The normalized spacial score (nSPS) is 27.0. The molecule has 138 valence electrons. The van der Waals surface area contributed by atoms with Crippen LogP contribution in [0.15, 0.2) is 18.2 Å². The number of methoxy groups -OCH3 is 2. The van der Waals surface area contributed by atoms with Crippen LogP contribution in [-0.2, 0) is 4.79 Å². The van der Waals surface area contributed by atoms with Gasteiger partial charge in [0, 0.05) is 36.2 Å². The van der Waals surface area contributed by atoms with Gasteiger partial charge in [0.1, 0.15) is 11.5 Å². The van der Waals surface area contributed by atoms with Gasteiger partial charge in [-0.2, -0.15) is 0 Å². The molecular weight excluding hydrogens is 316 g/mol. The maximum atomic E-state index is 13.5. The van der Waals surface area contributed by atoms with Crippen LogP contribution in [0.4, 0.5) is 0 Å². The average molecular weight is 346 g/mol. The minimum absolute atomic E-state index is 0.118. The molecule has 0 aliphatic carbocycles. The smallest absolute Gasteiger partial charge is 0.231 e. The number of benzene rings is 1. The van der Waals surface area contributed by atoms with E-state index in [1.165, 1.54) is 0 Å². The van der Waals surface area contributed by atoms with E-state index in [9.17, 15) is 4.79 Å². The van der Waals surface area contributed by atoms with Crippen LogP contribution >= 0.6 is 0 Å². The first kappa shape index (κ1) is 18.1. The monoisotopic (exact) mass is 346 g/mol. The summed E-state index contributed by atoms with van der Waals surface area (Å²) in [5.74, 6) is 1.97. The van der Waals surface area contributed by atoms with E-state index in [0.717, 1.165) is 49.5 Å². The Morgan fingerprint density at radius 3 is 2.56 bits per heavy atom. The highest BCUT2D eigenvalue weighted by molar-refractivity contribution is 5.88. The SMILES string of the molecule is COc1ccc(C2CN(C(C)(C)C)C(=O)C23CCCNC3)c(OC)c1. The Morgan fingerprint density at radius 2 is 2.00 bits per heavy atom. The molecule has 2 atom stereocenters. The van der Waals surface area contributed by atoms with Gasteiger partial charge in [0.15, 0.2) is 0 Å². The highest BCUT2D eigenvalue weighted by Gasteiger charge is 2.57. The van der Waals surface area contributed by atoms with Crippen LogP contribution in [0.25, 0.3) is 0 Å². The molecule has 2 unspecified atom stereocenters. The van der Waals surface area contributed by atoms with Crippen LogP contribution in [0.1, 0.15) is 45.1 Å². The lowest BCUT2D eigenvalue weighted by molar-refractivity contribution is -0.141.